The van der Waals surface area contributed by atoms with Gasteiger partial charge >= 0.3 is 11.9 Å². The number of carbonyl (C=O) groups is 2. The van der Waals surface area contributed by atoms with Crippen LogP contribution in [-0.4, -0.2) is 28.9 Å². The van der Waals surface area contributed by atoms with E-state index in [1.165, 1.54) is 6.92 Å². The predicted octanol–water partition coefficient (Wildman–Crippen LogP) is 1.55. The number of ether oxygens (including phenoxy) is 2. The van der Waals surface area contributed by atoms with E-state index in [9.17, 15) is 14.7 Å². The van der Waals surface area contributed by atoms with E-state index in [0.717, 1.165) is 12.0 Å². The lowest BCUT2D eigenvalue weighted by Gasteiger charge is -2.52. The molecule has 5 atom stereocenters. The first-order valence-corrected chi connectivity index (χ1v) is 7.06. The molecule has 3 rings (SSSR count). The number of esters is 2. The SMILES string of the molecule is CC1=C2[C@H]3OC(=O)[C@@H](C)[C@@H]3CC[C@@]2(C)[C@](C)(O)OC1=O. The highest BCUT2D eigenvalue weighted by Crippen LogP contribution is 2.57. The molecule has 1 aliphatic carbocycles. The summed E-state index contributed by atoms with van der Waals surface area (Å²) in [5.74, 6) is -2.39. The molecule has 0 aromatic carbocycles. The van der Waals surface area contributed by atoms with Gasteiger partial charge in [0.25, 0.3) is 0 Å². The summed E-state index contributed by atoms with van der Waals surface area (Å²) in [5.41, 5.74) is 0.513. The van der Waals surface area contributed by atoms with E-state index >= 15 is 0 Å². The van der Waals surface area contributed by atoms with Crippen LogP contribution in [0.1, 0.15) is 40.5 Å². The molecular weight excluding hydrogens is 260 g/mol. The van der Waals surface area contributed by atoms with Gasteiger partial charge in [-0.3, -0.25) is 4.79 Å². The number of fused-ring (bicyclic) bond motifs is 3. The average Bonchev–Trinajstić information content (AvgIpc) is 2.62. The summed E-state index contributed by atoms with van der Waals surface area (Å²) in [5, 5.41) is 10.6. The monoisotopic (exact) mass is 280 g/mol. The summed E-state index contributed by atoms with van der Waals surface area (Å²) in [7, 11) is 0. The normalized spacial score (nSPS) is 47.5. The molecule has 20 heavy (non-hydrogen) atoms. The summed E-state index contributed by atoms with van der Waals surface area (Å²) in [4.78, 5) is 23.8. The maximum atomic E-state index is 12.0. The zero-order chi connectivity index (χ0) is 14.9. The molecule has 0 radical (unpaired) electrons. The Morgan fingerprint density at radius 2 is 1.95 bits per heavy atom. The van der Waals surface area contributed by atoms with Gasteiger partial charge in [-0.25, -0.2) is 4.79 Å². The van der Waals surface area contributed by atoms with Gasteiger partial charge in [-0.15, -0.1) is 0 Å². The van der Waals surface area contributed by atoms with E-state index < -0.39 is 23.3 Å². The number of rotatable bonds is 0. The highest BCUT2D eigenvalue weighted by Gasteiger charge is 2.62. The Morgan fingerprint density at radius 1 is 1.30 bits per heavy atom. The van der Waals surface area contributed by atoms with Crippen molar-refractivity contribution < 1.29 is 24.2 Å². The lowest BCUT2D eigenvalue weighted by molar-refractivity contribution is -0.251. The summed E-state index contributed by atoms with van der Waals surface area (Å²) in [6.45, 7) is 6.94. The molecule has 5 heteroatoms. The van der Waals surface area contributed by atoms with Gasteiger partial charge in [0, 0.05) is 18.4 Å². The molecule has 3 aliphatic rings. The summed E-state index contributed by atoms with van der Waals surface area (Å²) in [6.07, 6.45) is 1.04. The number of carbonyl (C=O) groups excluding carboxylic acids is 2. The van der Waals surface area contributed by atoms with Crippen LogP contribution in [0, 0.1) is 17.3 Å². The smallest absolute Gasteiger partial charge is 0.336 e. The van der Waals surface area contributed by atoms with Gasteiger partial charge in [0.05, 0.1) is 11.3 Å². The Labute approximate surface area is 117 Å². The van der Waals surface area contributed by atoms with Gasteiger partial charge in [-0.05, 0) is 32.3 Å². The first-order valence-electron chi connectivity index (χ1n) is 7.06. The van der Waals surface area contributed by atoms with E-state index in [0.29, 0.717) is 12.0 Å². The maximum Gasteiger partial charge on any atom is 0.336 e. The van der Waals surface area contributed by atoms with Crippen LogP contribution in [0.3, 0.4) is 0 Å². The number of cyclic esters (lactones) is 1. The van der Waals surface area contributed by atoms with E-state index in [-0.39, 0.29) is 17.8 Å². The largest absolute Gasteiger partial charge is 0.457 e. The average molecular weight is 280 g/mol. The Morgan fingerprint density at radius 3 is 2.60 bits per heavy atom. The van der Waals surface area contributed by atoms with Crippen LogP contribution in [0.15, 0.2) is 11.1 Å². The Kier molecular flexibility index (Phi) is 2.62. The molecule has 0 bridgehead atoms. The molecule has 110 valence electrons. The van der Waals surface area contributed by atoms with Crippen molar-refractivity contribution in [1.29, 1.82) is 0 Å². The number of aliphatic hydroxyl groups is 1. The maximum absolute atomic E-state index is 12.0. The fraction of sp³-hybridized carbons (Fsp3) is 0.733. The Balaban J connectivity index is 2.15. The summed E-state index contributed by atoms with van der Waals surface area (Å²) >= 11 is 0. The molecule has 0 unspecified atom stereocenters. The van der Waals surface area contributed by atoms with Crippen LogP contribution in [-0.2, 0) is 19.1 Å². The van der Waals surface area contributed by atoms with Crippen molar-refractivity contribution in [3.05, 3.63) is 11.1 Å². The third-order valence-corrected chi connectivity index (χ3v) is 5.53. The molecule has 0 aromatic rings. The highest BCUT2D eigenvalue weighted by atomic mass is 16.7. The lowest BCUT2D eigenvalue weighted by atomic mass is 9.59. The Bertz CT molecular complexity index is 532. The lowest BCUT2D eigenvalue weighted by Crippen LogP contribution is -2.57. The molecular formula is C15H20O5. The van der Waals surface area contributed by atoms with Crippen LogP contribution in [0.5, 0.6) is 0 Å². The number of hydrogen-bond donors (Lipinski definition) is 1. The van der Waals surface area contributed by atoms with Gasteiger partial charge in [-0.1, -0.05) is 6.92 Å². The molecule has 2 fully saturated rings. The second-order valence-corrected chi connectivity index (χ2v) is 6.59. The van der Waals surface area contributed by atoms with Crippen molar-refractivity contribution in [2.75, 3.05) is 0 Å². The molecule has 1 saturated carbocycles. The van der Waals surface area contributed by atoms with Crippen LogP contribution in [0.2, 0.25) is 0 Å². The molecule has 1 N–H and O–H groups in total. The summed E-state index contributed by atoms with van der Waals surface area (Å²) < 4.78 is 10.7. The predicted molar refractivity (Wildman–Crippen MR) is 69.3 cm³/mol. The van der Waals surface area contributed by atoms with E-state index in [4.69, 9.17) is 9.47 Å². The number of hydrogen-bond acceptors (Lipinski definition) is 5. The fourth-order valence-electron chi connectivity index (χ4n) is 3.92. The highest BCUT2D eigenvalue weighted by molar-refractivity contribution is 5.91. The van der Waals surface area contributed by atoms with Crippen molar-refractivity contribution in [1.82, 2.24) is 0 Å². The molecule has 2 aliphatic heterocycles. The van der Waals surface area contributed by atoms with Crippen molar-refractivity contribution >= 4 is 11.9 Å². The molecule has 2 heterocycles. The second-order valence-electron chi connectivity index (χ2n) is 6.59. The quantitative estimate of drug-likeness (QED) is 0.681. The van der Waals surface area contributed by atoms with E-state index in [1.54, 1.807) is 6.92 Å². The van der Waals surface area contributed by atoms with Gasteiger partial charge in [0.2, 0.25) is 5.79 Å². The topological polar surface area (TPSA) is 72.8 Å². The molecule has 0 aromatic heterocycles. The molecule has 0 spiro atoms. The minimum Gasteiger partial charge on any atom is -0.457 e. The van der Waals surface area contributed by atoms with Crippen LogP contribution < -0.4 is 0 Å². The first-order chi connectivity index (χ1) is 9.19. The van der Waals surface area contributed by atoms with Crippen LogP contribution in [0.25, 0.3) is 0 Å². The van der Waals surface area contributed by atoms with Gasteiger partial charge < -0.3 is 14.6 Å². The first kappa shape index (κ1) is 13.6. The second kappa shape index (κ2) is 3.85. The minimum atomic E-state index is -1.57. The molecule has 0 amide bonds. The van der Waals surface area contributed by atoms with E-state index in [2.05, 4.69) is 0 Å². The summed E-state index contributed by atoms with van der Waals surface area (Å²) in [6, 6.07) is 0. The van der Waals surface area contributed by atoms with Crippen LogP contribution >= 0.6 is 0 Å². The zero-order valence-electron chi connectivity index (χ0n) is 12.2. The molecule has 1 saturated heterocycles. The van der Waals surface area contributed by atoms with Gasteiger partial charge in [0.15, 0.2) is 0 Å². The third-order valence-electron chi connectivity index (χ3n) is 5.53. The zero-order valence-corrected chi connectivity index (χ0v) is 12.2. The van der Waals surface area contributed by atoms with Crippen LogP contribution in [0.4, 0.5) is 0 Å². The van der Waals surface area contributed by atoms with Crippen molar-refractivity contribution in [3.8, 4) is 0 Å². The van der Waals surface area contributed by atoms with Gasteiger partial charge in [0.1, 0.15) is 6.10 Å². The Hall–Kier alpha value is -1.36. The fourth-order valence-corrected chi connectivity index (χ4v) is 3.92. The van der Waals surface area contributed by atoms with Crippen molar-refractivity contribution in [2.24, 2.45) is 17.3 Å². The minimum absolute atomic E-state index is 0.0854. The standard InChI is InChI=1S/C15H20O5/c1-7-9-5-6-14(3)10(11(9)19-12(7)16)8(2)13(17)20-15(14,4)18/h7,9,11,18H,5-6H2,1-4H3/t7-,9-,11-,14+,15+/m0/s1. The van der Waals surface area contributed by atoms with Gasteiger partial charge in [-0.2, -0.15) is 0 Å². The van der Waals surface area contributed by atoms with Crippen molar-refractivity contribution in [3.63, 3.8) is 0 Å². The van der Waals surface area contributed by atoms with E-state index in [1.807, 2.05) is 13.8 Å². The van der Waals surface area contributed by atoms with Crippen molar-refractivity contribution in [2.45, 2.75) is 52.4 Å². The molecule has 5 nitrogen and oxygen atoms in total. The third kappa shape index (κ3) is 1.47.